The minimum Gasteiger partial charge on any atom is -0.262 e. The Morgan fingerprint density at radius 2 is 1.54 bits per heavy atom. The molecule has 3 aromatic carbocycles. The number of halogens is 3. The Hall–Kier alpha value is -2.25. The zero-order valence-electron chi connectivity index (χ0n) is 13.4. The molecule has 3 aromatic rings. The first-order chi connectivity index (χ1) is 12.4. The van der Waals surface area contributed by atoms with Crippen molar-refractivity contribution in [3.63, 3.8) is 0 Å². The van der Waals surface area contributed by atoms with E-state index < -0.39 is 21.7 Å². The second-order valence-corrected chi connectivity index (χ2v) is 8.31. The predicted molar refractivity (Wildman–Crippen MR) is 100 cm³/mol. The van der Waals surface area contributed by atoms with E-state index in [-0.39, 0.29) is 17.0 Å². The first-order valence-electron chi connectivity index (χ1n) is 7.65. The maximum Gasteiger partial charge on any atom is 0.264 e. The molecular formula is C19H14BrF2NO2S. The molecular weight excluding hydrogens is 424 g/mol. The molecule has 0 aromatic heterocycles. The number of nitrogens with zero attached hydrogens (tertiary/aromatic N) is 1. The van der Waals surface area contributed by atoms with E-state index in [2.05, 4.69) is 15.9 Å². The van der Waals surface area contributed by atoms with Crippen LogP contribution in [-0.4, -0.2) is 8.42 Å². The van der Waals surface area contributed by atoms with Gasteiger partial charge in [0.25, 0.3) is 10.0 Å². The molecule has 0 aliphatic heterocycles. The summed E-state index contributed by atoms with van der Waals surface area (Å²) < 4.78 is 55.4. The van der Waals surface area contributed by atoms with Gasteiger partial charge >= 0.3 is 0 Å². The molecule has 0 saturated carbocycles. The van der Waals surface area contributed by atoms with E-state index >= 15 is 0 Å². The number of sulfonamides is 1. The summed E-state index contributed by atoms with van der Waals surface area (Å²) in [4.78, 5) is 0.0884. The normalized spacial score (nSPS) is 11.3. The molecule has 3 nitrogen and oxygen atoms in total. The van der Waals surface area contributed by atoms with Crippen molar-refractivity contribution < 1.29 is 17.2 Å². The van der Waals surface area contributed by atoms with E-state index in [9.17, 15) is 17.2 Å². The van der Waals surface area contributed by atoms with E-state index in [1.807, 2.05) is 0 Å². The summed E-state index contributed by atoms with van der Waals surface area (Å²) in [5.41, 5.74) is 0.453. The quantitative estimate of drug-likeness (QED) is 0.555. The van der Waals surface area contributed by atoms with Crippen molar-refractivity contribution in [3.8, 4) is 0 Å². The third-order valence-electron chi connectivity index (χ3n) is 3.77. The van der Waals surface area contributed by atoms with Crippen LogP contribution in [0.1, 0.15) is 5.56 Å². The van der Waals surface area contributed by atoms with Gasteiger partial charge in [0.2, 0.25) is 0 Å². The van der Waals surface area contributed by atoms with E-state index in [1.165, 1.54) is 18.2 Å². The van der Waals surface area contributed by atoms with E-state index in [0.29, 0.717) is 5.69 Å². The van der Waals surface area contributed by atoms with E-state index in [1.54, 1.807) is 42.5 Å². The second-order valence-electron chi connectivity index (χ2n) is 5.54. The molecule has 0 aliphatic rings. The van der Waals surface area contributed by atoms with Gasteiger partial charge < -0.3 is 0 Å². The zero-order valence-corrected chi connectivity index (χ0v) is 15.8. The maximum atomic E-state index is 14.1. The summed E-state index contributed by atoms with van der Waals surface area (Å²) in [6.45, 7) is -0.259. The minimum absolute atomic E-state index is 0.0776. The Kier molecular flexibility index (Phi) is 5.38. The molecule has 0 saturated heterocycles. The van der Waals surface area contributed by atoms with Gasteiger partial charge in [-0.25, -0.2) is 17.2 Å². The van der Waals surface area contributed by atoms with Gasteiger partial charge in [0.05, 0.1) is 17.1 Å². The number of hydrogen-bond acceptors (Lipinski definition) is 2. The molecule has 0 bridgehead atoms. The average molecular weight is 438 g/mol. The summed E-state index contributed by atoms with van der Waals surface area (Å²) in [5, 5.41) is 0. The van der Waals surface area contributed by atoms with E-state index in [0.717, 1.165) is 20.9 Å². The van der Waals surface area contributed by atoms with Crippen LogP contribution < -0.4 is 4.31 Å². The standard InChI is InChI=1S/C19H14BrF2NO2S/c20-15-7-10-17(11-8-15)23(13-14-6-9-16(21)12-19(14)22)26(24,25)18-4-2-1-3-5-18/h1-12H,13H2. The van der Waals surface area contributed by atoms with Crippen LogP contribution in [0.4, 0.5) is 14.5 Å². The molecule has 0 unspecified atom stereocenters. The van der Waals surface area contributed by atoms with Crippen molar-refractivity contribution in [2.45, 2.75) is 11.4 Å². The molecule has 0 N–H and O–H groups in total. The number of rotatable bonds is 5. The van der Waals surface area contributed by atoms with Crippen LogP contribution in [0, 0.1) is 11.6 Å². The highest BCUT2D eigenvalue weighted by molar-refractivity contribution is 9.10. The van der Waals surface area contributed by atoms with Crippen molar-refractivity contribution in [2.24, 2.45) is 0 Å². The fourth-order valence-electron chi connectivity index (χ4n) is 2.45. The van der Waals surface area contributed by atoms with Gasteiger partial charge in [0.15, 0.2) is 0 Å². The van der Waals surface area contributed by atoms with Crippen molar-refractivity contribution >= 4 is 31.6 Å². The number of hydrogen-bond donors (Lipinski definition) is 0. The molecule has 0 amide bonds. The molecule has 0 spiro atoms. The summed E-state index contributed by atoms with van der Waals surface area (Å²) >= 11 is 3.31. The van der Waals surface area contributed by atoms with Crippen LogP contribution in [0.5, 0.6) is 0 Å². The van der Waals surface area contributed by atoms with Gasteiger partial charge in [0.1, 0.15) is 11.6 Å². The molecule has 0 radical (unpaired) electrons. The van der Waals surface area contributed by atoms with Gasteiger partial charge in [-0.05, 0) is 42.5 Å². The van der Waals surface area contributed by atoms with Gasteiger partial charge in [-0.3, -0.25) is 4.31 Å². The first kappa shape index (κ1) is 18.5. The summed E-state index contributed by atoms with van der Waals surface area (Å²) in [7, 11) is -3.93. The highest BCUT2D eigenvalue weighted by Gasteiger charge is 2.26. The SMILES string of the molecule is O=S(=O)(c1ccccc1)N(Cc1ccc(F)cc1F)c1ccc(Br)cc1. The molecule has 3 rings (SSSR count). The molecule has 0 atom stereocenters. The third kappa shape index (κ3) is 3.94. The largest absolute Gasteiger partial charge is 0.264 e. The molecule has 0 heterocycles. The van der Waals surface area contributed by atoms with Gasteiger partial charge in [-0.2, -0.15) is 0 Å². The van der Waals surface area contributed by atoms with Gasteiger partial charge in [0, 0.05) is 16.1 Å². The van der Waals surface area contributed by atoms with Gasteiger partial charge in [-0.1, -0.05) is 40.2 Å². The minimum atomic E-state index is -3.93. The predicted octanol–water partition coefficient (Wildman–Crippen LogP) is 5.12. The van der Waals surface area contributed by atoms with Crippen LogP contribution in [0.25, 0.3) is 0 Å². The molecule has 134 valence electrons. The molecule has 7 heteroatoms. The van der Waals surface area contributed by atoms with E-state index in [4.69, 9.17) is 0 Å². The highest BCUT2D eigenvalue weighted by atomic mass is 79.9. The topological polar surface area (TPSA) is 37.4 Å². The average Bonchev–Trinajstić information content (AvgIpc) is 2.63. The van der Waals surface area contributed by atoms with Crippen molar-refractivity contribution in [2.75, 3.05) is 4.31 Å². The summed E-state index contributed by atoms with van der Waals surface area (Å²) in [6, 6.07) is 17.6. The first-order valence-corrected chi connectivity index (χ1v) is 9.88. The van der Waals surface area contributed by atoms with Crippen molar-refractivity contribution in [1.29, 1.82) is 0 Å². The smallest absolute Gasteiger partial charge is 0.262 e. The van der Waals surface area contributed by atoms with Crippen LogP contribution >= 0.6 is 15.9 Å². The van der Waals surface area contributed by atoms with Crippen molar-refractivity contribution in [1.82, 2.24) is 0 Å². The highest BCUT2D eigenvalue weighted by Crippen LogP contribution is 2.28. The zero-order chi connectivity index (χ0) is 18.7. The lowest BCUT2D eigenvalue weighted by Gasteiger charge is -2.25. The lowest BCUT2D eigenvalue weighted by molar-refractivity contribution is 0.569. The van der Waals surface area contributed by atoms with Crippen LogP contribution in [0.3, 0.4) is 0 Å². The Bertz CT molecular complexity index is 1010. The van der Waals surface area contributed by atoms with Crippen molar-refractivity contribution in [3.05, 3.63) is 94.5 Å². The maximum absolute atomic E-state index is 14.1. The molecule has 0 aliphatic carbocycles. The van der Waals surface area contributed by atoms with Crippen LogP contribution in [-0.2, 0) is 16.6 Å². The van der Waals surface area contributed by atoms with Crippen LogP contribution in [0.2, 0.25) is 0 Å². The fourth-order valence-corrected chi connectivity index (χ4v) is 4.17. The monoisotopic (exact) mass is 437 g/mol. The van der Waals surface area contributed by atoms with Gasteiger partial charge in [-0.15, -0.1) is 0 Å². The molecule has 26 heavy (non-hydrogen) atoms. The Morgan fingerprint density at radius 1 is 0.885 bits per heavy atom. The summed E-state index contributed by atoms with van der Waals surface area (Å²) in [6.07, 6.45) is 0. The third-order valence-corrected chi connectivity index (χ3v) is 6.09. The second kappa shape index (κ2) is 7.55. The lowest BCUT2D eigenvalue weighted by atomic mass is 10.2. The van der Waals surface area contributed by atoms with Crippen LogP contribution in [0.15, 0.2) is 82.2 Å². The Labute approximate surface area is 159 Å². The lowest BCUT2D eigenvalue weighted by Crippen LogP contribution is -2.31. The number of anilines is 1. The summed E-state index contributed by atoms with van der Waals surface area (Å²) in [5.74, 6) is -1.51. The number of benzene rings is 3. The Balaban J connectivity index is 2.09. The molecule has 0 fully saturated rings. The Morgan fingerprint density at radius 3 is 2.15 bits per heavy atom. The fraction of sp³-hybridized carbons (Fsp3) is 0.0526.